The number of hydrogen-bond acceptors (Lipinski definition) is 4. The highest BCUT2D eigenvalue weighted by Crippen LogP contribution is 2.34. The van der Waals surface area contributed by atoms with Crippen molar-refractivity contribution in [3.63, 3.8) is 0 Å². The number of fused-ring (bicyclic) bond motifs is 1. The van der Waals surface area contributed by atoms with Gasteiger partial charge in [0, 0.05) is 10.3 Å². The molecular weight excluding hydrogens is 302 g/mol. The van der Waals surface area contributed by atoms with Crippen molar-refractivity contribution >= 4 is 33.5 Å². The Morgan fingerprint density at radius 1 is 1.18 bits per heavy atom. The molecule has 0 saturated carbocycles. The van der Waals surface area contributed by atoms with Crippen molar-refractivity contribution in [3.8, 4) is 0 Å². The number of rotatable bonds is 3. The van der Waals surface area contributed by atoms with Crippen molar-refractivity contribution in [1.82, 2.24) is 5.32 Å². The predicted octanol–water partition coefficient (Wildman–Crippen LogP) is 3.73. The van der Waals surface area contributed by atoms with Gasteiger partial charge < -0.3 is 15.2 Å². The van der Waals surface area contributed by atoms with Gasteiger partial charge in [0.1, 0.15) is 5.60 Å². The molecule has 22 heavy (non-hydrogen) atoms. The fourth-order valence-corrected chi connectivity index (χ4v) is 3.18. The zero-order valence-electron chi connectivity index (χ0n) is 13.0. The molecule has 5 nitrogen and oxygen atoms in total. The third kappa shape index (κ3) is 3.22. The van der Waals surface area contributed by atoms with Crippen LogP contribution >= 0.6 is 11.3 Å². The highest BCUT2D eigenvalue weighted by molar-refractivity contribution is 7.17. The Kier molecular flexibility index (Phi) is 4.15. The number of hydrogen-bond donors (Lipinski definition) is 2. The van der Waals surface area contributed by atoms with Crippen LogP contribution in [0.1, 0.15) is 33.3 Å². The van der Waals surface area contributed by atoms with E-state index in [2.05, 4.69) is 5.32 Å². The molecule has 1 amide bonds. The molecule has 6 heteroatoms. The van der Waals surface area contributed by atoms with Crippen LogP contribution in [-0.2, 0) is 15.1 Å². The quantitative estimate of drug-likeness (QED) is 0.903. The second-order valence-corrected chi connectivity index (χ2v) is 7.11. The van der Waals surface area contributed by atoms with Crippen LogP contribution in [0, 0.1) is 0 Å². The van der Waals surface area contributed by atoms with E-state index in [1.807, 2.05) is 24.3 Å². The molecule has 0 aliphatic heterocycles. The number of alkyl carbamates (subject to hydrolysis) is 1. The van der Waals surface area contributed by atoms with Crippen molar-refractivity contribution < 1.29 is 19.4 Å². The van der Waals surface area contributed by atoms with Crippen LogP contribution in [0.2, 0.25) is 0 Å². The molecule has 0 radical (unpaired) electrons. The maximum atomic E-state index is 12.0. The number of benzene rings is 1. The Labute approximate surface area is 132 Å². The standard InChI is InChI=1S/C16H19NO4S/c1-15(2,3)21-14(20)17-16(4,13(18)19)11-9-22-12-8-6-5-7-10(11)12/h5-9H,1-4H3,(H,17,20)(H,18,19)/t16-/m1/s1. The lowest BCUT2D eigenvalue weighted by atomic mass is 9.92. The fraction of sp³-hybridized carbons (Fsp3) is 0.375. The number of ether oxygens (including phenoxy) is 1. The first-order valence-corrected chi connectivity index (χ1v) is 7.73. The number of thiophene rings is 1. The highest BCUT2D eigenvalue weighted by atomic mass is 32.1. The first-order chi connectivity index (χ1) is 10.1. The molecule has 0 aliphatic carbocycles. The second-order valence-electron chi connectivity index (χ2n) is 6.20. The minimum atomic E-state index is -1.55. The summed E-state index contributed by atoms with van der Waals surface area (Å²) in [6, 6.07) is 7.49. The van der Waals surface area contributed by atoms with E-state index in [9.17, 15) is 14.7 Å². The summed E-state index contributed by atoms with van der Waals surface area (Å²) in [5.41, 5.74) is -1.70. The Balaban J connectivity index is 2.41. The molecule has 1 aromatic carbocycles. The summed E-state index contributed by atoms with van der Waals surface area (Å²) in [6.07, 6.45) is -0.757. The van der Waals surface area contributed by atoms with Gasteiger partial charge in [-0.1, -0.05) is 18.2 Å². The summed E-state index contributed by atoms with van der Waals surface area (Å²) >= 11 is 1.44. The second kappa shape index (κ2) is 5.61. The van der Waals surface area contributed by atoms with Crippen LogP contribution < -0.4 is 5.32 Å². The van der Waals surface area contributed by atoms with E-state index in [4.69, 9.17) is 4.74 Å². The maximum Gasteiger partial charge on any atom is 0.408 e. The molecule has 0 unspecified atom stereocenters. The Hall–Kier alpha value is -2.08. The molecule has 2 aromatic rings. The minimum absolute atomic E-state index is 0.548. The van der Waals surface area contributed by atoms with Gasteiger partial charge in [-0.15, -0.1) is 11.3 Å². The molecule has 118 valence electrons. The third-order valence-corrected chi connectivity index (χ3v) is 4.16. The minimum Gasteiger partial charge on any atom is -0.479 e. The SMILES string of the molecule is CC(C)(C)OC(=O)N[C@@](C)(C(=O)O)c1csc2ccccc12. The van der Waals surface area contributed by atoms with Crippen molar-refractivity contribution in [2.75, 3.05) is 0 Å². The Bertz CT molecular complexity index is 716. The van der Waals surface area contributed by atoms with Crippen LogP contribution in [-0.4, -0.2) is 22.8 Å². The molecule has 0 aliphatic rings. The van der Waals surface area contributed by atoms with Gasteiger partial charge in [0.25, 0.3) is 0 Å². The lowest BCUT2D eigenvalue weighted by Gasteiger charge is -2.28. The summed E-state index contributed by atoms with van der Waals surface area (Å²) in [5.74, 6) is -1.14. The van der Waals surface area contributed by atoms with E-state index in [-0.39, 0.29) is 0 Å². The lowest BCUT2D eigenvalue weighted by molar-refractivity contribution is -0.144. The largest absolute Gasteiger partial charge is 0.479 e. The number of nitrogens with one attached hydrogen (secondary N) is 1. The summed E-state index contributed by atoms with van der Waals surface area (Å²) in [6.45, 7) is 6.65. The molecule has 0 spiro atoms. The van der Waals surface area contributed by atoms with Crippen LogP contribution in [0.4, 0.5) is 4.79 Å². The van der Waals surface area contributed by atoms with Crippen molar-refractivity contribution in [1.29, 1.82) is 0 Å². The number of carboxylic acid groups (broad SMARTS) is 1. The molecule has 0 saturated heterocycles. The van der Waals surface area contributed by atoms with Gasteiger partial charge >= 0.3 is 12.1 Å². The average molecular weight is 321 g/mol. The number of carboxylic acids is 1. The molecule has 2 N–H and O–H groups in total. The van der Waals surface area contributed by atoms with Gasteiger partial charge in [0.2, 0.25) is 0 Å². The fourth-order valence-electron chi connectivity index (χ4n) is 2.11. The summed E-state index contributed by atoms with van der Waals surface area (Å²) < 4.78 is 6.15. The molecular formula is C16H19NO4S. The lowest BCUT2D eigenvalue weighted by Crippen LogP contribution is -2.50. The van der Waals surface area contributed by atoms with Gasteiger partial charge in [-0.05, 0) is 44.5 Å². The van der Waals surface area contributed by atoms with Gasteiger partial charge in [-0.25, -0.2) is 9.59 Å². The number of carbonyl (C=O) groups excluding carboxylic acids is 1. The third-order valence-electron chi connectivity index (χ3n) is 3.20. The van der Waals surface area contributed by atoms with Gasteiger partial charge in [-0.2, -0.15) is 0 Å². The molecule has 1 aromatic heterocycles. The average Bonchev–Trinajstić information content (AvgIpc) is 2.80. The summed E-state index contributed by atoms with van der Waals surface area (Å²) in [4.78, 5) is 23.8. The van der Waals surface area contributed by atoms with Crippen LogP contribution in [0.5, 0.6) is 0 Å². The van der Waals surface area contributed by atoms with E-state index in [1.54, 1.807) is 26.2 Å². The first-order valence-electron chi connectivity index (χ1n) is 6.85. The van der Waals surface area contributed by atoms with E-state index in [1.165, 1.54) is 18.3 Å². The highest BCUT2D eigenvalue weighted by Gasteiger charge is 2.40. The summed E-state index contributed by atoms with van der Waals surface area (Å²) in [5, 5.41) is 14.7. The van der Waals surface area contributed by atoms with Crippen LogP contribution in [0.25, 0.3) is 10.1 Å². The monoisotopic (exact) mass is 321 g/mol. The van der Waals surface area contributed by atoms with E-state index < -0.39 is 23.2 Å². The van der Waals surface area contributed by atoms with Crippen molar-refractivity contribution in [2.45, 2.75) is 38.8 Å². The van der Waals surface area contributed by atoms with Crippen LogP contribution in [0.3, 0.4) is 0 Å². The molecule has 0 fully saturated rings. The van der Waals surface area contributed by atoms with Crippen LogP contribution in [0.15, 0.2) is 29.6 Å². The predicted molar refractivity (Wildman–Crippen MR) is 86.2 cm³/mol. The number of amides is 1. The van der Waals surface area contributed by atoms with Gasteiger partial charge in [0.05, 0.1) is 0 Å². The smallest absolute Gasteiger partial charge is 0.408 e. The summed E-state index contributed by atoms with van der Waals surface area (Å²) in [7, 11) is 0. The van der Waals surface area contributed by atoms with E-state index in [0.717, 1.165) is 10.1 Å². The molecule has 0 bridgehead atoms. The Morgan fingerprint density at radius 3 is 2.41 bits per heavy atom. The van der Waals surface area contributed by atoms with Gasteiger partial charge in [-0.3, -0.25) is 0 Å². The number of carbonyl (C=O) groups is 2. The molecule has 1 heterocycles. The van der Waals surface area contributed by atoms with Crippen molar-refractivity contribution in [3.05, 3.63) is 35.2 Å². The topological polar surface area (TPSA) is 75.6 Å². The zero-order chi connectivity index (χ0) is 16.5. The zero-order valence-corrected chi connectivity index (χ0v) is 13.8. The van der Waals surface area contributed by atoms with Gasteiger partial charge in [0.15, 0.2) is 5.54 Å². The molecule has 1 atom stereocenters. The molecule has 2 rings (SSSR count). The first kappa shape index (κ1) is 16.3. The van der Waals surface area contributed by atoms with E-state index >= 15 is 0 Å². The Morgan fingerprint density at radius 2 is 1.82 bits per heavy atom. The normalized spacial score (nSPS) is 14.4. The van der Waals surface area contributed by atoms with Crippen molar-refractivity contribution in [2.24, 2.45) is 0 Å². The number of aliphatic carboxylic acids is 1. The maximum absolute atomic E-state index is 12.0. The van der Waals surface area contributed by atoms with E-state index in [0.29, 0.717) is 5.56 Å².